The molecule has 1 atom stereocenters. The molecule has 98 valence electrons. The zero-order valence-corrected chi connectivity index (χ0v) is 10.7. The lowest BCUT2D eigenvalue weighted by atomic mass is 9.95. The SMILES string of the molecule is CCC(Oc1ccccc1)C(=O)O.c1cc2ccc1-2. The van der Waals surface area contributed by atoms with Gasteiger partial charge in [0.05, 0.1) is 0 Å². The van der Waals surface area contributed by atoms with E-state index in [-0.39, 0.29) is 0 Å². The molecule has 0 aliphatic heterocycles. The van der Waals surface area contributed by atoms with Crippen LogP contribution < -0.4 is 4.74 Å². The first-order valence-corrected chi connectivity index (χ1v) is 6.25. The summed E-state index contributed by atoms with van der Waals surface area (Å²) in [6.07, 6.45) is -0.285. The van der Waals surface area contributed by atoms with Crippen LogP contribution >= 0.6 is 0 Å². The number of ether oxygens (including phenoxy) is 1. The standard InChI is InChI=1S/C10H12O3.C6H4/c1-2-9(10(11)12)13-8-6-4-3-5-7-8;1-2-6-4-3-5(1)6/h3-7,9H,2H2,1H3,(H,11,12);1-4H. The van der Waals surface area contributed by atoms with E-state index in [1.807, 2.05) is 18.2 Å². The molecule has 0 heterocycles. The second-order valence-corrected chi connectivity index (χ2v) is 4.24. The Bertz CT molecular complexity index is 511. The highest BCUT2D eigenvalue weighted by atomic mass is 16.5. The Kier molecular flexibility index (Phi) is 4.18. The number of carboxylic acid groups (broad SMARTS) is 1. The molecule has 19 heavy (non-hydrogen) atoms. The van der Waals surface area contributed by atoms with Crippen molar-refractivity contribution in [2.24, 2.45) is 0 Å². The molecule has 0 amide bonds. The van der Waals surface area contributed by atoms with E-state index >= 15 is 0 Å². The van der Waals surface area contributed by atoms with Crippen molar-refractivity contribution in [1.82, 2.24) is 0 Å². The summed E-state index contributed by atoms with van der Waals surface area (Å²) in [5.41, 5.74) is 2.85. The zero-order valence-electron chi connectivity index (χ0n) is 10.7. The molecule has 0 bridgehead atoms. The molecule has 1 N–H and O–H groups in total. The van der Waals surface area contributed by atoms with Gasteiger partial charge in [0, 0.05) is 0 Å². The van der Waals surface area contributed by atoms with E-state index in [4.69, 9.17) is 9.84 Å². The van der Waals surface area contributed by atoms with Crippen molar-refractivity contribution in [3.63, 3.8) is 0 Å². The number of fused-ring (bicyclic) bond motifs is 1. The van der Waals surface area contributed by atoms with Crippen molar-refractivity contribution >= 4 is 5.97 Å². The van der Waals surface area contributed by atoms with E-state index in [1.54, 1.807) is 19.1 Å². The highest BCUT2D eigenvalue weighted by Crippen LogP contribution is 2.29. The molecular weight excluding hydrogens is 240 g/mol. The molecule has 2 aliphatic carbocycles. The number of carboxylic acids is 1. The topological polar surface area (TPSA) is 46.5 Å². The molecule has 1 aromatic carbocycles. The smallest absolute Gasteiger partial charge is 0.344 e. The van der Waals surface area contributed by atoms with Gasteiger partial charge in [-0.25, -0.2) is 4.79 Å². The average Bonchev–Trinajstić information content (AvgIpc) is 2.41. The Morgan fingerprint density at radius 3 is 1.89 bits per heavy atom. The van der Waals surface area contributed by atoms with Gasteiger partial charge < -0.3 is 9.84 Å². The molecule has 1 unspecified atom stereocenters. The third-order valence-corrected chi connectivity index (χ3v) is 2.89. The van der Waals surface area contributed by atoms with Crippen molar-refractivity contribution < 1.29 is 14.6 Å². The summed E-state index contributed by atoms with van der Waals surface area (Å²) < 4.78 is 5.23. The Labute approximate surface area is 112 Å². The van der Waals surface area contributed by atoms with Gasteiger partial charge in [-0.05, 0) is 29.7 Å². The van der Waals surface area contributed by atoms with Crippen LogP contribution in [0.3, 0.4) is 0 Å². The van der Waals surface area contributed by atoms with Crippen molar-refractivity contribution in [2.45, 2.75) is 19.4 Å². The molecule has 0 fully saturated rings. The van der Waals surface area contributed by atoms with Crippen LogP contribution in [0, 0.1) is 0 Å². The maximum Gasteiger partial charge on any atom is 0.344 e. The van der Waals surface area contributed by atoms with E-state index in [0.29, 0.717) is 12.2 Å². The summed E-state index contributed by atoms with van der Waals surface area (Å²) in [6.45, 7) is 1.78. The van der Waals surface area contributed by atoms with E-state index < -0.39 is 12.1 Å². The number of aliphatic carboxylic acids is 1. The van der Waals surface area contributed by atoms with E-state index in [9.17, 15) is 4.79 Å². The van der Waals surface area contributed by atoms with Gasteiger partial charge in [0.15, 0.2) is 6.10 Å². The predicted octanol–water partition coefficient (Wildman–Crippen LogP) is 3.60. The van der Waals surface area contributed by atoms with E-state index in [0.717, 1.165) is 0 Å². The lowest BCUT2D eigenvalue weighted by molar-refractivity contribution is -0.145. The fourth-order valence-electron chi connectivity index (χ4n) is 1.63. The lowest BCUT2D eigenvalue weighted by Gasteiger charge is -2.12. The van der Waals surface area contributed by atoms with Crippen molar-refractivity contribution in [2.75, 3.05) is 0 Å². The molecular formula is C16H16O3. The zero-order chi connectivity index (χ0) is 13.7. The Hall–Kier alpha value is -2.29. The monoisotopic (exact) mass is 256 g/mol. The van der Waals surface area contributed by atoms with Crippen LogP contribution in [0.15, 0.2) is 54.6 Å². The number of carbonyl (C=O) groups is 1. The first-order valence-electron chi connectivity index (χ1n) is 6.25. The van der Waals surface area contributed by atoms with Crippen LogP contribution in [0.5, 0.6) is 5.75 Å². The Morgan fingerprint density at radius 2 is 1.58 bits per heavy atom. The van der Waals surface area contributed by atoms with Crippen LogP contribution in [0.4, 0.5) is 0 Å². The number of hydrogen-bond donors (Lipinski definition) is 1. The van der Waals surface area contributed by atoms with Crippen molar-refractivity contribution in [1.29, 1.82) is 0 Å². The summed E-state index contributed by atoms with van der Waals surface area (Å²) in [4.78, 5) is 10.6. The van der Waals surface area contributed by atoms with Gasteiger partial charge in [0.1, 0.15) is 5.75 Å². The maximum absolute atomic E-state index is 10.6. The molecule has 3 heteroatoms. The number of benzene rings is 2. The highest BCUT2D eigenvalue weighted by molar-refractivity contribution is 5.75. The Balaban J connectivity index is 0.000000180. The van der Waals surface area contributed by atoms with Gasteiger partial charge >= 0.3 is 5.97 Å². The molecule has 0 saturated carbocycles. The molecule has 3 nitrogen and oxygen atoms in total. The number of rotatable bonds is 4. The molecule has 3 rings (SSSR count). The average molecular weight is 256 g/mol. The van der Waals surface area contributed by atoms with Gasteiger partial charge in [0.25, 0.3) is 0 Å². The minimum Gasteiger partial charge on any atom is -0.479 e. The molecule has 2 aliphatic rings. The van der Waals surface area contributed by atoms with Crippen LogP contribution in [0.2, 0.25) is 0 Å². The van der Waals surface area contributed by atoms with Crippen LogP contribution in [0.1, 0.15) is 13.3 Å². The van der Waals surface area contributed by atoms with E-state index in [2.05, 4.69) is 24.3 Å². The summed E-state index contributed by atoms with van der Waals surface area (Å²) >= 11 is 0. The second kappa shape index (κ2) is 6.05. The van der Waals surface area contributed by atoms with E-state index in [1.165, 1.54) is 11.1 Å². The molecule has 0 radical (unpaired) electrons. The van der Waals surface area contributed by atoms with Crippen molar-refractivity contribution in [3.05, 3.63) is 54.6 Å². The van der Waals surface area contributed by atoms with Crippen LogP contribution in [0.25, 0.3) is 11.1 Å². The van der Waals surface area contributed by atoms with Gasteiger partial charge in [-0.2, -0.15) is 0 Å². The quantitative estimate of drug-likeness (QED) is 0.775. The third kappa shape index (κ3) is 3.35. The van der Waals surface area contributed by atoms with Gasteiger partial charge in [-0.1, -0.05) is 49.4 Å². The highest BCUT2D eigenvalue weighted by Gasteiger charge is 2.15. The Morgan fingerprint density at radius 1 is 1.05 bits per heavy atom. The predicted molar refractivity (Wildman–Crippen MR) is 74.2 cm³/mol. The second-order valence-electron chi connectivity index (χ2n) is 4.24. The number of para-hydroxylation sites is 1. The maximum atomic E-state index is 10.6. The molecule has 0 spiro atoms. The van der Waals surface area contributed by atoms with Crippen molar-refractivity contribution in [3.8, 4) is 16.9 Å². The van der Waals surface area contributed by atoms with Crippen LogP contribution in [-0.2, 0) is 4.79 Å². The normalized spacial score (nSPS) is 11.8. The summed E-state index contributed by atoms with van der Waals surface area (Å²) in [6, 6.07) is 17.4. The van der Waals surface area contributed by atoms with Gasteiger partial charge in [-0.3, -0.25) is 0 Å². The first-order chi connectivity index (χ1) is 9.20. The summed E-state index contributed by atoms with van der Waals surface area (Å²) in [7, 11) is 0. The summed E-state index contributed by atoms with van der Waals surface area (Å²) in [5, 5.41) is 8.71. The lowest BCUT2D eigenvalue weighted by Crippen LogP contribution is -2.25. The number of hydrogen-bond acceptors (Lipinski definition) is 2. The summed E-state index contributed by atoms with van der Waals surface area (Å²) in [5.74, 6) is -0.330. The molecule has 1 aromatic rings. The molecule has 0 aromatic heterocycles. The molecule has 0 saturated heterocycles. The fourth-order valence-corrected chi connectivity index (χ4v) is 1.63. The van der Waals surface area contributed by atoms with Gasteiger partial charge in [-0.15, -0.1) is 0 Å². The first kappa shape index (κ1) is 13.1. The minimum atomic E-state index is -0.925. The van der Waals surface area contributed by atoms with Crippen LogP contribution in [-0.4, -0.2) is 17.2 Å². The third-order valence-electron chi connectivity index (χ3n) is 2.89. The fraction of sp³-hybridized carbons (Fsp3) is 0.188. The van der Waals surface area contributed by atoms with Gasteiger partial charge in [0.2, 0.25) is 0 Å². The largest absolute Gasteiger partial charge is 0.479 e. The minimum absolute atomic E-state index is 0.463.